The molecular formula is C31H33F3N10O2S2. The first-order chi connectivity index (χ1) is 23.0. The Kier molecular flexibility index (Phi) is 8.74. The molecule has 17 heteroatoms. The van der Waals surface area contributed by atoms with Crippen LogP contribution in [0.4, 0.5) is 34.8 Å². The Hall–Kier alpha value is -4.25. The van der Waals surface area contributed by atoms with Gasteiger partial charge in [0.25, 0.3) is 5.92 Å². The average Bonchev–Trinajstić information content (AvgIpc) is 3.69. The minimum atomic E-state index is -2.66. The van der Waals surface area contributed by atoms with E-state index in [1.54, 1.807) is 31.3 Å². The molecule has 0 aromatic carbocycles. The first-order valence-corrected chi connectivity index (χ1v) is 17.3. The largest absolute Gasteiger partial charge is 0.364 e. The molecule has 2 saturated heterocycles. The molecule has 252 valence electrons. The lowest BCUT2D eigenvalue weighted by atomic mass is 9.82. The maximum atomic E-state index is 13.8. The molecule has 6 heterocycles. The highest BCUT2D eigenvalue weighted by atomic mass is 32.1. The van der Waals surface area contributed by atoms with Crippen molar-refractivity contribution in [2.45, 2.75) is 68.9 Å². The van der Waals surface area contributed by atoms with Gasteiger partial charge in [-0.25, -0.2) is 13.2 Å². The van der Waals surface area contributed by atoms with Gasteiger partial charge in [-0.15, -0.1) is 20.4 Å². The van der Waals surface area contributed by atoms with E-state index in [1.807, 2.05) is 11.0 Å². The first kappa shape index (κ1) is 32.3. The number of hydrogen-bond acceptors (Lipinski definition) is 12. The van der Waals surface area contributed by atoms with Crippen LogP contribution < -0.4 is 20.4 Å². The summed E-state index contributed by atoms with van der Waals surface area (Å²) >= 11 is 2.71. The van der Waals surface area contributed by atoms with Crippen LogP contribution in [0.1, 0.15) is 65.8 Å². The van der Waals surface area contributed by atoms with Crippen LogP contribution in [0, 0.1) is 0 Å². The second-order valence-corrected chi connectivity index (χ2v) is 14.9. The summed E-state index contributed by atoms with van der Waals surface area (Å²) in [4.78, 5) is 37.4. The summed E-state index contributed by atoms with van der Waals surface area (Å²) in [7, 11) is 0. The molecule has 12 nitrogen and oxygen atoms in total. The Bertz CT molecular complexity index is 1640. The Balaban J connectivity index is 0.876. The molecule has 1 aliphatic carbocycles. The van der Waals surface area contributed by atoms with E-state index in [4.69, 9.17) is 0 Å². The van der Waals surface area contributed by atoms with Gasteiger partial charge in [0.15, 0.2) is 0 Å². The molecule has 3 aliphatic rings. The van der Waals surface area contributed by atoms with E-state index in [9.17, 15) is 22.8 Å². The summed E-state index contributed by atoms with van der Waals surface area (Å²) in [5, 5.41) is 25.3. The number of amides is 2. The third-order valence-electron chi connectivity index (χ3n) is 8.66. The Labute approximate surface area is 282 Å². The minimum Gasteiger partial charge on any atom is -0.364 e. The predicted molar refractivity (Wildman–Crippen MR) is 176 cm³/mol. The standard InChI is InChI=1S/C31H33F3N10O2S2/c1-30(32)14-43(15-30)22-7-5-20(35-12-22)10-24(45)37-28-41-39-26(47-28)18-3-2-4-19(9-18)27-40-42-29(48-27)38-25(46)11-21-6-8-23(13-36-21)44-16-31(33,34)17-44/h5-8,12-13,18-19H,2-4,9-11,14-17H2,1H3,(H,37,41,45)(H,38,42,46)/t18-,19-/m0/s1. The van der Waals surface area contributed by atoms with Gasteiger partial charge in [-0.2, -0.15) is 0 Å². The van der Waals surface area contributed by atoms with E-state index in [0.29, 0.717) is 40.4 Å². The smallest absolute Gasteiger partial charge is 0.282 e. The molecule has 0 radical (unpaired) electrons. The number of nitrogens with one attached hydrogen (secondary N) is 2. The highest BCUT2D eigenvalue weighted by molar-refractivity contribution is 7.15. The highest BCUT2D eigenvalue weighted by Crippen LogP contribution is 2.43. The number of nitrogens with zero attached hydrogens (tertiary/aromatic N) is 8. The van der Waals surface area contributed by atoms with E-state index in [1.165, 1.54) is 33.8 Å². The number of halogens is 3. The van der Waals surface area contributed by atoms with Crippen molar-refractivity contribution in [2.24, 2.45) is 0 Å². The van der Waals surface area contributed by atoms with Gasteiger partial charge in [0.1, 0.15) is 15.7 Å². The average molecular weight is 699 g/mol. The molecule has 0 spiro atoms. The van der Waals surface area contributed by atoms with Crippen LogP contribution in [-0.4, -0.2) is 79.9 Å². The number of pyridine rings is 2. The van der Waals surface area contributed by atoms with Crippen LogP contribution in [0.2, 0.25) is 0 Å². The second kappa shape index (κ2) is 13.0. The molecule has 2 N–H and O–H groups in total. The van der Waals surface area contributed by atoms with Crippen LogP contribution in [0.25, 0.3) is 0 Å². The fraction of sp³-hybridized carbons (Fsp3) is 0.484. The number of carbonyl (C=O) groups is 2. The van der Waals surface area contributed by atoms with Crippen molar-refractivity contribution in [3.8, 4) is 0 Å². The second-order valence-electron chi connectivity index (χ2n) is 12.9. The monoisotopic (exact) mass is 698 g/mol. The van der Waals surface area contributed by atoms with Gasteiger partial charge in [0.2, 0.25) is 22.1 Å². The molecule has 3 fully saturated rings. The van der Waals surface area contributed by atoms with E-state index in [0.717, 1.165) is 41.4 Å². The van der Waals surface area contributed by atoms with E-state index >= 15 is 0 Å². The predicted octanol–water partition coefficient (Wildman–Crippen LogP) is 4.99. The Morgan fingerprint density at radius 3 is 1.67 bits per heavy atom. The molecule has 2 atom stereocenters. The Morgan fingerprint density at radius 1 is 0.771 bits per heavy atom. The minimum absolute atomic E-state index is 0.0233. The molecule has 4 aromatic rings. The number of rotatable bonds is 10. The number of alkyl halides is 3. The van der Waals surface area contributed by atoms with Crippen molar-refractivity contribution in [3.63, 3.8) is 0 Å². The topological polar surface area (TPSA) is 142 Å². The zero-order chi connectivity index (χ0) is 33.5. The normalized spacial score (nSPS) is 21.2. The first-order valence-electron chi connectivity index (χ1n) is 15.7. The summed E-state index contributed by atoms with van der Waals surface area (Å²) in [6.45, 7) is 1.60. The zero-order valence-electron chi connectivity index (χ0n) is 26.0. The summed E-state index contributed by atoms with van der Waals surface area (Å²) in [6.07, 6.45) is 6.94. The maximum Gasteiger partial charge on any atom is 0.282 e. The van der Waals surface area contributed by atoms with Gasteiger partial charge in [-0.1, -0.05) is 29.1 Å². The fourth-order valence-electron chi connectivity index (χ4n) is 6.24. The van der Waals surface area contributed by atoms with E-state index in [-0.39, 0.29) is 49.6 Å². The van der Waals surface area contributed by atoms with Crippen LogP contribution in [0.15, 0.2) is 36.7 Å². The summed E-state index contributed by atoms with van der Waals surface area (Å²) in [5.41, 5.74) is 1.40. The lowest BCUT2D eigenvalue weighted by Gasteiger charge is -2.43. The van der Waals surface area contributed by atoms with Crippen LogP contribution in [0.5, 0.6) is 0 Å². The van der Waals surface area contributed by atoms with Gasteiger partial charge in [0, 0.05) is 23.2 Å². The molecular weight excluding hydrogens is 666 g/mol. The Morgan fingerprint density at radius 2 is 1.25 bits per heavy atom. The van der Waals surface area contributed by atoms with Crippen molar-refractivity contribution in [1.82, 2.24) is 30.4 Å². The van der Waals surface area contributed by atoms with E-state index in [2.05, 4.69) is 41.0 Å². The SMILES string of the molecule is CC1(F)CN(c2ccc(CC(=O)Nc3nnc([C@H]4CCC[C@H](c5nnc(NC(=O)Cc6ccc(N7CC(F)(F)C7)cn6)s5)C4)s3)nc2)C1. The number of anilines is 4. The number of carbonyl (C=O) groups excluding carboxylic acids is 2. The third kappa shape index (κ3) is 7.56. The maximum absolute atomic E-state index is 13.8. The van der Waals surface area contributed by atoms with Gasteiger partial charge in [-0.3, -0.25) is 19.6 Å². The van der Waals surface area contributed by atoms with E-state index < -0.39 is 11.6 Å². The molecule has 1 saturated carbocycles. The van der Waals surface area contributed by atoms with Crippen LogP contribution in [-0.2, 0) is 22.4 Å². The molecule has 48 heavy (non-hydrogen) atoms. The quantitative estimate of drug-likeness (QED) is 0.233. The van der Waals surface area contributed by atoms with Crippen molar-refractivity contribution < 1.29 is 22.8 Å². The molecule has 0 bridgehead atoms. The molecule has 2 aliphatic heterocycles. The molecule has 4 aromatic heterocycles. The highest BCUT2D eigenvalue weighted by Gasteiger charge is 2.44. The van der Waals surface area contributed by atoms with Crippen molar-refractivity contribution in [1.29, 1.82) is 0 Å². The van der Waals surface area contributed by atoms with Gasteiger partial charge in [-0.05, 0) is 50.5 Å². The fourth-order valence-corrected chi connectivity index (χ4v) is 8.05. The summed E-state index contributed by atoms with van der Waals surface area (Å²) in [5.74, 6) is -2.88. The van der Waals surface area contributed by atoms with Crippen molar-refractivity contribution in [2.75, 3.05) is 46.6 Å². The lowest BCUT2D eigenvalue weighted by Crippen LogP contribution is -2.57. The molecule has 2 amide bonds. The lowest BCUT2D eigenvalue weighted by molar-refractivity contribution is -0.116. The number of aromatic nitrogens is 6. The zero-order valence-corrected chi connectivity index (χ0v) is 27.7. The van der Waals surface area contributed by atoms with Gasteiger partial charge >= 0.3 is 0 Å². The molecule has 7 rings (SSSR count). The third-order valence-corrected chi connectivity index (χ3v) is 10.7. The van der Waals surface area contributed by atoms with Crippen molar-refractivity contribution >= 4 is 56.1 Å². The summed E-state index contributed by atoms with van der Waals surface area (Å²) in [6, 6.07) is 6.99. The van der Waals surface area contributed by atoms with Crippen molar-refractivity contribution in [3.05, 3.63) is 58.1 Å². The van der Waals surface area contributed by atoms with Gasteiger partial charge < -0.3 is 20.4 Å². The summed E-state index contributed by atoms with van der Waals surface area (Å²) < 4.78 is 40.1. The molecule has 0 unspecified atom stereocenters. The number of hydrogen-bond donors (Lipinski definition) is 2. The van der Waals surface area contributed by atoms with Gasteiger partial charge in [0.05, 0.1) is 62.8 Å². The van der Waals surface area contributed by atoms with Crippen LogP contribution >= 0.6 is 22.7 Å². The van der Waals surface area contributed by atoms with Crippen LogP contribution in [0.3, 0.4) is 0 Å².